The fourth-order valence-corrected chi connectivity index (χ4v) is 1.19. The lowest BCUT2D eigenvalue weighted by Gasteiger charge is -2.07. The first-order valence-electron chi connectivity index (χ1n) is 3.86. The van der Waals surface area contributed by atoms with Crippen molar-refractivity contribution < 1.29 is 18.7 Å². The minimum atomic E-state index is -2.81. The molecule has 0 aliphatic heterocycles. The molecule has 0 spiro atoms. The van der Waals surface area contributed by atoms with Crippen molar-refractivity contribution in [2.24, 2.45) is 0 Å². The SMILES string of the molecule is Nc1nc(C(F)F)cc(CC(=O)O)c1Cl. The number of anilines is 1. The first-order chi connectivity index (χ1) is 6.91. The van der Waals surface area contributed by atoms with E-state index in [2.05, 4.69) is 4.98 Å². The molecule has 82 valence electrons. The lowest BCUT2D eigenvalue weighted by molar-refractivity contribution is -0.136. The number of rotatable bonds is 3. The highest BCUT2D eigenvalue weighted by Crippen LogP contribution is 2.27. The predicted molar refractivity (Wildman–Crippen MR) is 50.0 cm³/mol. The van der Waals surface area contributed by atoms with Gasteiger partial charge in [-0.05, 0) is 11.6 Å². The van der Waals surface area contributed by atoms with Gasteiger partial charge in [0, 0.05) is 0 Å². The van der Waals surface area contributed by atoms with Crippen molar-refractivity contribution in [3.8, 4) is 0 Å². The Hall–Kier alpha value is -1.43. The maximum atomic E-state index is 12.3. The molecule has 1 rings (SSSR count). The molecule has 0 aromatic carbocycles. The highest BCUT2D eigenvalue weighted by Gasteiger charge is 2.16. The average molecular weight is 237 g/mol. The van der Waals surface area contributed by atoms with E-state index in [4.69, 9.17) is 22.4 Å². The van der Waals surface area contributed by atoms with Crippen LogP contribution in [-0.4, -0.2) is 16.1 Å². The summed E-state index contributed by atoms with van der Waals surface area (Å²) >= 11 is 5.62. The van der Waals surface area contributed by atoms with Crippen molar-refractivity contribution in [3.05, 3.63) is 22.3 Å². The Bertz CT molecular complexity index is 398. The lowest BCUT2D eigenvalue weighted by Crippen LogP contribution is -2.06. The average Bonchev–Trinajstić information content (AvgIpc) is 2.11. The van der Waals surface area contributed by atoms with Crippen molar-refractivity contribution >= 4 is 23.4 Å². The molecule has 0 fully saturated rings. The minimum Gasteiger partial charge on any atom is -0.481 e. The maximum Gasteiger partial charge on any atom is 0.307 e. The Kier molecular flexibility index (Phi) is 3.41. The van der Waals surface area contributed by atoms with Crippen LogP contribution in [0.2, 0.25) is 5.02 Å². The van der Waals surface area contributed by atoms with E-state index in [1.807, 2.05) is 0 Å². The summed E-state index contributed by atoms with van der Waals surface area (Å²) in [6, 6.07) is 0.942. The molecule has 7 heteroatoms. The van der Waals surface area contributed by atoms with Crippen LogP contribution in [0.1, 0.15) is 17.7 Å². The third-order valence-corrected chi connectivity index (χ3v) is 2.08. The molecule has 1 aromatic heterocycles. The van der Waals surface area contributed by atoms with Crippen molar-refractivity contribution in [3.63, 3.8) is 0 Å². The molecule has 0 unspecified atom stereocenters. The van der Waals surface area contributed by atoms with Gasteiger partial charge in [-0.1, -0.05) is 11.6 Å². The van der Waals surface area contributed by atoms with E-state index in [0.717, 1.165) is 6.07 Å². The number of nitrogens with zero attached hydrogens (tertiary/aromatic N) is 1. The van der Waals surface area contributed by atoms with Crippen molar-refractivity contribution in [2.45, 2.75) is 12.8 Å². The number of nitrogens with two attached hydrogens (primary N) is 1. The fraction of sp³-hybridized carbons (Fsp3) is 0.250. The van der Waals surface area contributed by atoms with Gasteiger partial charge in [0.1, 0.15) is 11.5 Å². The van der Waals surface area contributed by atoms with Crippen LogP contribution in [0, 0.1) is 0 Å². The van der Waals surface area contributed by atoms with Crippen LogP contribution < -0.4 is 5.73 Å². The van der Waals surface area contributed by atoms with E-state index in [0.29, 0.717) is 0 Å². The molecule has 0 saturated carbocycles. The maximum absolute atomic E-state index is 12.3. The molecule has 15 heavy (non-hydrogen) atoms. The quantitative estimate of drug-likeness (QED) is 0.840. The zero-order valence-corrected chi connectivity index (χ0v) is 8.13. The van der Waals surface area contributed by atoms with Crippen molar-refractivity contribution in [1.82, 2.24) is 4.98 Å². The summed E-state index contributed by atoms with van der Waals surface area (Å²) < 4.78 is 24.6. The topological polar surface area (TPSA) is 76.2 Å². The summed E-state index contributed by atoms with van der Waals surface area (Å²) in [4.78, 5) is 13.7. The number of alkyl halides is 2. The molecule has 0 saturated heterocycles. The number of hydrogen-bond acceptors (Lipinski definition) is 3. The monoisotopic (exact) mass is 236 g/mol. The zero-order chi connectivity index (χ0) is 11.6. The van der Waals surface area contributed by atoms with Crippen LogP contribution in [0.3, 0.4) is 0 Å². The van der Waals surface area contributed by atoms with Gasteiger partial charge in [0.15, 0.2) is 0 Å². The third kappa shape index (κ3) is 2.76. The zero-order valence-electron chi connectivity index (χ0n) is 7.38. The smallest absolute Gasteiger partial charge is 0.307 e. The number of nitrogen functional groups attached to an aromatic ring is 1. The number of halogens is 3. The van der Waals surface area contributed by atoms with Crippen LogP contribution in [0.15, 0.2) is 6.07 Å². The van der Waals surface area contributed by atoms with Gasteiger partial charge in [-0.3, -0.25) is 4.79 Å². The minimum absolute atomic E-state index is 0.0342. The number of aromatic nitrogens is 1. The van der Waals surface area contributed by atoms with Crippen LogP contribution in [0.4, 0.5) is 14.6 Å². The van der Waals surface area contributed by atoms with Crippen LogP contribution >= 0.6 is 11.6 Å². The summed E-state index contributed by atoms with van der Waals surface area (Å²) in [5.74, 6) is -1.46. The highest BCUT2D eigenvalue weighted by atomic mass is 35.5. The molecule has 0 radical (unpaired) electrons. The molecule has 0 bridgehead atoms. The van der Waals surface area contributed by atoms with Gasteiger partial charge in [-0.2, -0.15) is 0 Å². The molecule has 4 nitrogen and oxygen atoms in total. The van der Waals surface area contributed by atoms with E-state index in [1.165, 1.54) is 0 Å². The molecule has 1 heterocycles. The lowest BCUT2D eigenvalue weighted by atomic mass is 10.1. The molecule has 0 amide bonds. The number of carboxylic acids is 1. The molecule has 0 atom stereocenters. The number of hydrogen-bond donors (Lipinski definition) is 2. The number of aliphatic carboxylic acids is 1. The van der Waals surface area contributed by atoms with E-state index < -0.39 is 24.5 Å². The fourth-order valence-electron chi connectivity index (χ4n) is 1.03. The molecule has 3 N–H and O–H groups in total. The van der Waals surface area contributed by atoms with Gasteiger partial charge in [-0.25, -0.2) is 13.8 Å². The Balaban J connectivity index is 3.18. The van der Waals surface area contributed by atoms with Crippen LogP contribution in [0.25, 0.3) is 0 Å². The Morgan fingerprint density at radius 1 is 1.67 bits per heavy atom. The summed E-state index contributed by atoms with van der Waals surface area (Å²) in [6.07, 6.45) is -3.28. The first kappa shape index (κ1) is 11.6. The summed E-state index contributed by atoms with van der Waals surface area (Å²) in [6.45, 7) is 0. The van der Waals surface area contributed by atoms with E-state index in [1.54, 1.807) is 0 Å². The van der Waals surface area contributed by atoms with E-state index in [9.17, 15) is 13.6 Å². The second-order valence-corrected chi connectivity index (χ2v) is 3.15. The second-order valence-electron chi connectivity index (χ2n) is 2.78. The number of pyridine rings is 1. The van der Waals surface area contributed by atoms with E-state index >= 15 is 0 Å². The van der Waals surface area contributed by atoms with Gasteiger partial charge in [0.25, 0.3) is 6.43 Å². The third-order valence-electron chi connectivity index (χ3n) is 1.64. The predicted octanol–water partition coefficient (Wildman–Crippen LogP) is 1.88. The van der Waals surface area contributed by atoms with Gasteiger partial charge in [-0.15, -0.1) is 0 Å². The second kappa shape index (κ2) is 4.39. The largest absolute Gasteiger partial charge is 0.481 e. The summed E-state index contributed by atoms with van der Waals surface area (Å²) in [7, 11) is 0. The Labute approximate surface area is 88.7 Å². The van der Waals surface area contributed by atoms with Gasteiger partial charge in [0.2, 0.25) is 0 Å². The molecule has 0 aliphatic carbocycles. The van der Waals surface area contributed by atoms with Gasteiger partial charge in [0.05, 0.1) is 11.4 Å². The van der Waals surface area contributed by atoms with Crippen molar-refractivity contribution in [1.29, 1.82) is 0 Å². The molecular formula is C8H7ClF2N2O2. The first-order valence-corrected chi connectivity index (χ1v) is 4.24. The van der Waals surface area contributed by atoms with E-state index in [-0.39, 0.29) is 16.4 Å². The summed E-state index contributed by atoms with van der Waals surface area (Å²) in [5, 5.41) is 8.41. The highest BCUT2D eigenvalue weighted by molar-refractivity contribution is 6.33. The molecular weight excluding hydrogens is 230 g/mol. The van der Waals surface area contributed by atoms with Gasteiger partial charge >= 0.3 is 5.97 Å². The number of carbonyl (C=O) groups is 1. The van der Waals surface area contributed by atoms with Crippen LogP contribution in [-0.2, 0) is 11.2 Å². The standard InChI is InChI=1S/C8H7ClF2N2O2/c9-6-3(2-5(14)15)1-4(7(10)11)13-8(6)12/h1,7H,2H2,(H2,12,13)(H,14,15). The van der Waals surface area contributed by atoms with Crippen LogP contribution in [0.5, 0.6) is 0 Å². The number of carboxylic acid groups (broad SMARTS) is 1. The van der Waals surface area contributed by atoms with Gasteiger partial charge < -0.3 is 10.8 Å². The summed E-state index contributed by atoms with van der Waals surface area (Å²) in [5.41, 5.74) is 4.72. The molecule has 0 aliphatic rings. The molecule has 1 aromatic rings. The Morgan fingerprint density at radius 2 is 2.27 bits per heavy atom. The van der Waals surface area contributed by atoms with Crippen molar-refractivity contribution in [2.75, 3.05) is 5.73 Å². The Morgan fingerprint density at radius 3 is 2.73 bits per heavy atom. The normalized spacial score (nSPS) is 10.7.